The number of hydrogen-bond donors (Lipinski definition) is 1. The van der Waals surface area contributed by atoms with Crippen molar-refractivity contribution in [2.24, 2.45) is 0 Å². The van der Waals surface area contributed by atoms with E-state index in [2.05, 4.69) is 63.2 Å². The lowest BCUT2D eigenvalue weighted by molar-refractivity contribution is 0.190. The van der Waals surface area contributed by atoms with Crippen LogP contribution in [0.15, 0.2) is 53.3 Å². The van der Waals surface area contributed by atoms with E-state index in [1.165, 1.54) is 0 Å². The first kappa shape index (κ1) is 24.8. The Balaban J connectivity index is 1.53. The van der Waals surface area contributed by atoms with Crippen LogP contribution in [0.3, 0.4) is 0 Å². The second kappa shape index (κ2) is 9.85. The molecule has 4 aromatic rings. The van der Waals surface area contributed by atoms with E-state index in [4.69, 9.17) is 9.47 Å². The summed E-state index contributed by atoms with van der Waals surface area (Å²) in [6.07, 6.45) is 0. The smallest absolute Gasteiger partial charge is 0.253 e. The molecule has 1 saturated heterocycles. The summed E-state index contributed by atoms with van der Waals surface area (Å²) >= 11 is 0. The van der Waals surface area contributed by atoms with Gasteiger partial charge in [-0.25, -0.2) is 4.68 Å². The topological polar surface area (TPSA) is 101 Å². The number of anilines is 1. The number of rotatable bonds is 6. The Hall–Kier alpha value is -3.92. The van der Waals surface area contributed by atoms with Gasteiger partial charge >= 0.3 is 0 Å². The maximum absolute atomic E-state index is 13.5. The van der Waals surface area contributed by atoms with Crippen molar-refractivity contribution in [2.75, 3.05) is 45.3 Å². The normalized spacial score (nSPS) is 15.6. The molecule has 1 aliphatic heterocycles. The maximum atomic E-state index is 13.5. The van der Waals surface area contributed by atoms with Crippen molar-refractivity contribution in [2.45, 2.75) is 32.4 Å². The Labute approximate surface area is 215 Å². The van der Waals surface area contributed by atoms with Crippen LogP contribution in [0.1, 0.15) is 38.2 Å². The van der Waals surface area contributed by atoms with Gasteiger partial charge in [-0.05, 0) is 79.7 Å². The zero-order valence-corrected chi connectivity index (χ0v) is 21.9. The van der Waals surface area contributed by atoms with Gasteiger partial charge in [-0.1, -0.05) is 0 Å². The quantitative estimate of drug-likeness (QED) is 0.428. The number of aromatic nitrogens is 5. The second-order valence-corrected chi connectivity index (χ2v) is 10.3. The average molecular weight is 504 g/mol. The summed E-state index contributed by atoms with van der Waals surface area (Å²) in [5.41, 5.74) is 2.01. The molecule has 2 aromatic carbocycles. The number of ether oxygens (including phenoxy) is 2. The minimum Gasteiger partial charge on any atom is -0.497 e. The molecule has 0 bridgehead atoms. The lowest BCUT2D eigenvalue weighted by atomic mass is 10.0. The molecule has 0 spiro atoms. The molecule has 37 heavy (non-hydrogen) atoms. The fourth-order valence-corrected chi connectivity index (χ4v) is 4.90. The number of piperazine rings is 1. The summed E-state index contributed by atoms with van der Waals surface area (Å²) in [5.74, 6) is 2.22. The SMILES string of the molecule is COc1ccc(N2CCN([C@H](c3cc4cc(OC)ccc4[nH]c3=O)c3nnnn3C(C)(C)C)CC2)cc1. The lowest BCUT2D eigenvalue weighted by Gasteiger charge is -2.40. The van der Waals surface area contributed by atoms with E-state index in [9.17, 15) is 4.79 Å². The van der Waals surface area contributed by atoms with Gasteiger partial charge in [0, 0.05) is 48.3 Å². The molecule has 5 rings (SSSR count). The van der Waals surface area contributed by atoms with Gasteiger partial charge < -0.3 is 19.4 Å². The molecule has 0 radical (unpaired) electrons. The predicted molar refractivity (Wildman–Crippen MR) is 143 cm³/mol. The third kappa shape index (κ3) is 4.89. The molecule has 0 unspecified atom stereocenters. The van der Waals surface area contributed by atoms with Crippen LogP contribution in [0.5, 0.6) is 11.5 Å². The van der Waals surface area contributed by atoms with Crippen LogP contribution < -0.4 is 19.9 Å². The molecule has 0 saturated carbocycles. The summed E-state index contributed by atoms with van der Waals surface area (Å²) < 4.78 is 12.5. The van der Waals surface area contributed by atoms with Crippen LogP contribution in [0.4, 0.5) is 5.69 Å². The third-order valence-corrected chi connectivity index (χ3v) is 6.87. The first-order valence-electron chi connectivity index (χ1n) is 12.4. The van der Waals surface area contributed by atoms with Crippen molar-refractivity contribution >= 4 is 16.6 Å². The van der Waals surface area contributed by atoms with Crippen LogP contribution in [0, 0.1) is 0 Å². The first-order chi connectivity index (χ1) is 17.8. The van der Waals surface area contributed by atoms with E-state index in [0.29, 0.717) is 11.4 Å². The molecular weight excluding hydrogens is 470 g/mol. The first-order valence-corrected chi connectivity index (χ1v) is 12.4. The molecule has 3 heterocycles. The predicted octanol–water partition coefficient (Wildman–Crippen LogP) is 3.20. The molecule has 1 fully saturated rings. The molecule has 1 atom stereocenters. The van der Waals surface area contributed by atoms with Crippen LogP contribution in [0.25, 0.3) is 10.9 Å². The van der Waals surface area contributed by atoms with Crippen molar-refractivity contribution in [3.05, 3.63) is 70.3 Å². The highest BCUT2D eigenvalue weighted by atomic mass is 16.5. The minimum absolute atomic E-state index is 0.149. The van der Waals surface area contributed by atoms with Gasteiger partial charge in [0.2, 0.25) is 0 Å². The number of benzene rings is 2. The van der Waals surface area contributed by atoms with E-state index in [1.807, 2.05) is 41.1 Å². The highest BCUT2D eigenvalue weighted by Gasteiger charge is 2.35. The maximum Gasteiger partial charge on any atom is 0.253 e. The number of H-pyrrole nitrogens is 1. The molecule has 10 heteroatoms. The second-order valence-electron chi connectivity index (χ2n) is 10.3. The van der Waals surface area contributed by atoms with E-state index in [-0.39, 0.29) is 11.1 Å². The van der Waals surface area contributed by atoms with Gasteiger partial charge in [-0.2, -0.15) is 0 Å². The number of methoxy groups -OCH3 is 2. The number of tetrazole rings is 1. The van der Waals surface area contributed by atoms with Crippen molar-refractivity contribution in [1.29, 1.82) is 0 Å². The molecule has 0 aliphatic carbocycles. The van der Waals surface area contributed by atoms with Gasteiger partial charge in [-0.3, -0.25) is 9.69 Å². The van der Waals surface area contributed by atoms with E-state index >= 15 is 0 Å². The van der Waals surface area contributed by atoms with Crippen LogP contribution in [-0.2, 0) is 5.54 Å². The fourth-order valence-electron chi connectivity index (χ4n) is 4.90. The van der Waals surface area contributed by atoms with E-state index in [0.717, 1.165) is 54.3 Å². The number of fused-ring (bicyclic) bond motifs is 1. The average Bonchev–Trinajstić information content (AvgIpc) is 3.40. The molecule has 2 aromatic heterocycles. The Bertz CT molecular complexity index is 1430. The van der Waals surface area contributed by atoms with E-state index < -0.39 is 6.04 Å². The zero-order valence-electron chi connectivity index (χ0n) is 21.9. The highest BCUT2D eigenvalue weighted by Crippen LogP contribution is 2.31. The summed E-state index contributed by atoms with van der Waals surface area (Å²) in [6, 6.07) is 15.3. The number of nitrogens with one attached hydrogen (secondary N) is 1. The van der Waals surface area contributed by atoms with Crippen LogP contribution >= 0.6 is 0 Å². The van der Waals surface area contributed by atoms with Crippen molar-refractivity contribution in [3.63, 3.8) is 0 Å². The largest absolute Gasteiger partial charge is 0.497 e. The number of pyridine rings is 1. The third-order valence-electron chi connectivity index (χ3n) is 6.87. The minimum atomic E-state index is -0.411. The van der Waals surface area contributed by atoms with Gasteiger partial charge in [0.1, 0.15) is 17.5 Å². The monoisotopic (exact) mass is 503 g/mol. The highest BCUT2D eigenvalue weighted by molar-refractivity contribution is 5.80. The van der Waals surface area contributed by atoms with E-state index in [1.54, 1.807) is 14.2 Å². The number of aromatic amines is 1. The van der Waals surface area contributed by atoms with Crippen molar-refractivity contribution < 1.29 is 9.47 Å². The van der Waals surface area contributed by atoms with Gasteiger partial charge in [-0.15, -0.1) is 5.10 Å². The Morgan fingerprint density at radius 1 is 0.919 bits per heavy atom. The summed E-state index contributed by atoms with van der Waals surface area (Å²) in [7, 11) is 3.31. The van der Waals surface area contributed by atoms with Crippen molar-refractivity contribution in [1.82, 2.24) is 30.1 Å². The molecule has 1 aliphatic rings. The summed E-state index contributed by atoms with van der Waals surface area (Å²) in [5, 5.41) is 13.6. The molecule has 0 amide bonds. The molecule has 10 nitrogen and oxygen atoms in total. The van der Waals surface area contributed by atoms with Crippen LogP contribution in [-0.4, -0.2) is 70.5 Å². The summed E-state index contributed by atoms with van der Waals surface area (Å²) in [4.78, 5) is 21.2. The molecule has 1 N–H and O–H groups in total. The summed E-state index contributed by atoms with van der Waals surface area (Å²) in [6.45, 7) is 9.26. The van der Waals surface area contributed by atoms with Crippen molar-refractivity contribution in [3.8, 4) is 11.5 Å². The molecular formula is C27H33N7O3. The van der Waals surface area contributed by atoms with Crippen LogP contribution in [0.2, 0.25) is 0 Å². The zero-order chi connectivity index (χ0) is 26.2. The Morgan fingerprint density at radius 3 is 2.24 bits per heavy atom. The Morgan fingerprint density at radius 2 is 1.59 bits per heavy atom. The molecule has 194 valence electrons. The number of hydrogen-bond acceptors (Lipinski definition) is 8. The van der Waals surface area contributed by atoms with Gasteiger partial charge in [0.15, 0.2) is 5.82 Å². The van der Waals surface area contributed by atoms with Gasteiger partial charge in [0.05, 0.1) is 19.8 Å². The Kier molecular flexibility index (Phi) is 6.59. The fraction of sp³-hybridized carbons (Fsp3) is 0.407. The standard InChI is InChI=1S/C27H33N7O3/c1-27(2,3)34-25(29-30-31-34)24(22-17-18-16-21(37-5)10-11-23(18)28-26(22)35)33-14-12-32(13-15-33)19-6-8-20(36-4)9-7-19/h6-11,16-17,24H,12-15H2,1-5H3,(H,28,35)/t24-/m1/s1. The van der Waals surface area contributed by atoms with Gasteiger partial charge in [0.25, 0.3) is 5.56 Å². The number of nitrogens with zero attached hydrogens (tertiary/aromatic N) is 6. The lowest BCUT2D eigenvalue weighted by Crippen LogP contribution is -2.49.